The first-order valence-electron chi connectivity index (χ1n) is 8.50. The molecule has 30 heavy (non-hydrogen) atoms. The number of rotatable bonds is 7. The fourth-order valence-corrected chi connectivity index (χ4v) is 2.56. The van der Waals surface area contributed by atoms with E-state index in [4.69, 9.17) is 10.3 Å². The van der Waals surface area contributed by atoms with Crippen LogP contribution in [0.5, 0.6) is 0 Å². The maximum absolute atomic E-state index is 14.1. The molecule has 0 spiro atoms. The number of halogens is 4. The van der Waals surface area contributed by atoms with Crippen LogP contribution in [0.4, 0.5) is 29.2 Å². The Labute approximate surface area is 174 Å². The van der Waals surface area contributed by atoms with E-state index in [1.807, 2.05) is 0 Å². The fourth-order valence-electron chi connectivity index (χ4n) is 2.26. The molecule has 0 bridgehead atoms. The molecule has 0 unspecified atom stereocenters. The van der Waals surface area contributed by atoms with E-state index in [1.165, 1.54) is 32.2 Å². The van der Waals surface area contributed by atoms with Crippen molar-refractivity contribution in [1.82, 2.24) is 9.97 Å². The van der Waals surface area contributed by atoms with Crippen molar-refractivity contribution in [3.05, 3.63) is 47.7 Å². The third-order valence-corrected chi connectivity index (χ3v) is 4.13. The lowest BCUT2D eigenvalue weighted by Crippen LogP contribution is -2.74. The number of allylic oxidation sites excluding steroid dienone is 1. The van der Waals surface area contributed by atoms with Gasteiger partial charge in [-0.05, 0) is 32.0 Å². The summed E-state index contributed by atoms with van der Waals surface area (Å²) in [5.74, 6) is -0.997. The lowest BCUT2D eigenvalue weighted by molar-refractivity contribution is -0.472. The average molecular weight is 447 g/mol. The van der Waals surface area contributed by atoms with Crippen LogP contribution in [0.15, 0.2) is 35.5 Å². The predicted molar refractivity (Wildman–Crippen MR) is 107 cm³/mol. The standard InChI is InChI=1S/C18H19F4N5O2S/c1-17(2,28)9-24-7-10(6-23)15-12(18(20,21)22)8-25-16(27-15)26-14-4-3-11(30-29)5-13(14)19/h3-8,28-29H,9,23H2,1-2H3,(H,25,26,27)/p+2/b10-6+,24-7?. The molecule has 1 aromatic carbocycles. The van der Waals surface area contributed by atoms with Crippen LogP contribution in [0.25, 0.3) is 5.57 Å². The minimum Gasteiger partial charge on any atom is -0.404 e. The topological polar surface area (TPSA) is 121 Å². The zero-order valence-electron chi connectivity index (χ0n) is 16.0. The number of benzene rings is 1. The van der Waals surface area contributed by atoms with Gasteiger partial charge < -0.3 is 20.7 Å². The lowest BCUT2D eigenvalue weighted by atomic mass is 10.1. The summed E-state index contributed by atoms with van der Waals surface area (Å²) in [6, 6.07) is 3.89. The van der Waals surface area contributed by atoms with Crippen LogP contribution in [0.1, 0.15) is 25.1 Å². The van der Waals surface area contributed by atoms with E-state index >= 15 is 0 Å². The normalized spacial score (nSPS) is 13.1. The second-order valence-corrected chi connectivity index (χ2v) is 7.46. The van der Waals surface area contributed by atoms with E-state index in [0.717, 1.165) is 12.3 Å². The first kappa shape index (κ1) is 23.6. The molecule has 0 fully saturated rings. The van der Waals surface area contributed by atoms with E-state index in [9.17, 15) is 22.7 Å². The fraction of sp³-hybridized carbons (Fsp3) is 0.278. The van der Waals surface area contributed by atoms with Crippen molar-refractivity contribution in [3.63, 3.8) is 0 Å². The SMILES string of the molecule is CC(C)(O)C[NH+]=C/C(=C\N)c1nc(Nc2ccc(S[OH2+])cc2F)ncc1C(F)(F)F. The number of hydrogen-bond donors (Lipinski definition) is 4. The number of nitrogens with zero attached hydrogens (tertiary/aromatic N) is 2. The van der Waals surface area contributed by atoms with E-state index in [1.54, 1.807) is 0 Å². The Balaban J connectivity index is 2.44. The van der Waals surface area contributed by atoms with Crippen LogP contribution in [0.3, 0.4) is 0 Å². The summed E-state index contributed by atoms with van der Waals surface area (Å²) in [6.45, 7) is 3.09. The molecule has 7 N–H and O–H groups in total. The van der Waals surface area contributed by atoms with E-state index in [2.05, 4.69) is 20.3 Å². The minimum absolute atomic E-state index is 0.0491. The Kier molecular flexibility index (Phi) is 7.39. The Hall–Kier alpha value is -2.70. The molecule has 1 heterocycles. The summed E-state index contributed by atoms with van der Waals surface area (Å²) in [4.78, 5) is 10.5. The number of aliphatic hydroxyl groups is 1. The first-order chi connectivity index (χ1) is 13.9. The van der Waals surface area contributed by atoms with Gasteiger partial charge in [0, 0.05) is 12.4 Å². The molecule has 0 aliphatic heterocycles. The molecule has 0 radical (unpaired) electrons. The van der Waals surface area contributed by atoms with Crippen molar-refractivity contribution in [2.24, 2.45) is 5.73 Å². The molecule has 2 rings (SSSR count). The Bertz CT molecular complexity index is 959. The van der Waals surface area contributed by atoms with Crippen molar-refractivity contribution in [2.45, 2.75) is 30.5 Å². The third-order valence-electron chi connectivity index (χ3n) is 3.64. The highest BCUT2D eigenvalue weighted by Gasteiger charge is 2.36. The second-order valence-electron chi connectivity index (χ2n) is 6.78. The molecular formula is C18H21F4N5O2S+2. The molecule has 0 saturated carbocycles. The van der Waals surface area contributed by atoms with Gasteiger partial charge >= 0.3 is 6.18 Å². The van der Waals surface area contributed by atoms with Gasteiger partial charge in [0.25, 0.3) is 0 Å². The Morgan fingerprint density at radius 2 is 2.07 bits per heavy atom. The highest BCUT2D eigenvalue weighted by atomic mass is 32.2. The van der Waals surface area contributed by atoms with Crippen molar-refractivity contribution in [3.8, 4) is 0 Å². The second kappa shape index (κ2) is 9.41. The van der Waals surface area contributed by atoms with Gasteiger partial charge in [-0.3, -0.25) is 0 Å². The third kappa shape index (κ3) is 6.40. The summed E-state index contributed by atoms with van der Waals surface area (Å²) < 4.78 is 61.6. The Morgan fingerprint density at radius 3 is 2.60 bits per heavy atom. The van der Waals surface area contributed by atoms with Crippen molar-refractivity contribution >= 4 is 35.5 Å². The molecule has 0 aliphatic carbocycles. The zero-order chi connectivity index (χ0) is 22.5. The minimum atomic E-state index is -4.76. The summed E-state index contributed by atoms with van der Waals surface area (Å²) in [7, 11) is 0. The molecule has 162 valence electrons. The van der Waals surface area contributed by atoms with Gasteiger partial charge in [-0.2, -0.15) is 13.2 Å². The molecule has 1 aromatic heterocycles. The van der Waals surface area contributed by atoms with Crippen LogP contribution >= 0.6 is 12.0 Å². The van der Waals surface area contributed by atoms with Gasteiger partial charge in [-0.25, -0.2) is 19.4 Å². The van der Waals surface area contributed by atoms with Crippen LogP contribution < -0.4 is 16.0 Å². The largest absolute Gasteiger partial charge is 0.420 e. The van der Waals surface area contributed by atoms with Gasteiger partial charge in [0.15, 0.2) is 12.8 Å². The van der Waals surface area contributed by atoms with E-state index < -0.39 is 28.9 Å². The van der Waals surface area contributed by atoms with E-state index in [0.29, 0.717) is 23.1 Å². The maximum Gasteiger partial charge on any atom is 0.420 e. The van der Waals surface area contributed by atoms with Gasteiger partial charge in [-0.1, -0.05) is 0 Å². The van der Waals surface area contributed by atoms with Crippen molar-refractivity contribution < 1.29 is 32.2 Å². The lowest BCUT2D eigenvalue weighted by Gasteiger charge is -2.14. The summed E-state index contributed by atoms with van der Waals surface area (Å²) >= 11 is 0.597. The molecule has 0 aliphatic rings. The number of nitrogens with two attached hydrogens (primary N) is 1. The molecule has 0 saturated heterocycles. The Morgan fingerprint density at radius 1 is 1.37 bits per heavy atom. The van der Waals surface area contributed by atoms with Crippen molar-refractivity contribution in [1.29, 1.82) is 0 Å². The number of hydrogen-bond acceptors (Lipinski definition) is 6. The molecule has 7 nitrogen and oxygen atoms in total. The summed E-state index contributed by atoms with van der Waals surface area (Å²) in [5.41, 5.74) is 2.57. The van der Waals surface area contributed by atoms with Gasteiger partial charge in [0.2, 0.25) is 18.0 Å². The summed E-state index contributed by atoms with van der Waals surface area (Å²) in [6.07, 6.45) is -2.06. The van der Waals surface area contributed by atoms with E-state index in [-0.39, 0.29) is 23.8 Å². The number of nitrogens with one attached hydrogen (secondary N) is 2. The van der Waals surface area contributed by atoms with Gasteiger partial charge in [0.05, 0.1) is 21.8 Å². The molecule has 0 atom stereocenters. The van der Waals surface area contributed by atoms with Crippen LogP contribution in [-0.4, -0.2) is 38.0 Å². The zero-order valence-corrected chi connectivity index (χ0v) is 16.8. The molecule has 0 amide bonds. The number of alkyl halides is 3. The molecule has 2 aromatic rings. The van der Waals surface area contributed by atoms with Crippen LogP contribution in [0.2, 0.25) is 0 Å². The number of aromatic nitrogens is 2. The van der Waals surface area contributed by atoms with Gasteiger partial charge in [-0.15, -0.1) is 0 Å². The van der Waals surface area contributed by atoms with Gasteiger partial charge in [0.1, 0.15) is 17.0 Å². The highest BCUT2D eigenvalue weighted by molar-refractivity contribution is 7.93. The average Bonchev–Trinajstić information content (AvgIpc) is 2.65. The maximum atomic E-state index is 14.1. The summed E-state index contributed by atoms with van der Waals surface area (Å²) in [5, 5.41) is 12.3. The van der Waals surface area contributed by atoms with Crippen LogP contribution in [-0.2, 0) is 6.18 Å². The first-order valence-corrected chi connectivity index (χ1v) is 9.32. The smallest absolute Gasteiger partial charge is 0.404 e. The van der Waals surface area contributed by atoms with Crippen molar-refractivity contribution in [2.75, 3.05) is 11.9 Å². The van der Waals surface area contributed by atoms with Crippen LogP contribution in [0, 0.1) is 5.82 Å². The number of anilines is 2. The molecular weight excluding hydrogens is 426 g/mol. The highest BCUT2D eigenvalue weighted by Crippen LogP contribution is 2.34. The predicted octanol–water partition coefficient (Wildman–Crippen LogP) is 1.33. The monoisotopic (exact) mass is 447 g/mol. The quantitative estimate of drug-likeness (QED) is 0.220. The molecule has 12 heteroatoms.